The lowest BCUT2D eigenvalue weighted by atomic mass is 9.96. The molecule has 2 aromatic heterocycles. The highest BCUT2D eigenvalue weighted by Crippen LogP contribution is 2.26. The molecule has 0 saturated carbocycles. The highest BCUT2D eigenvalue weighted by molar-refractivity contribution is 6.32. The maximum atomic E-state index is 6.18. The van der Waals surface area contributed by atoms with E-state index in [1.807, 2.05) is 0 Å². The Balaban J connectivity index is 1.94. The largest absolute Gasteiger partial charge is 0.381 e. The fourth-order valence-corrected chi connectivity index (χ4v) is 2.64. The standard InChI is InChI=1S/C14H20ClN5O/c1-14(2,3)12-18-11(15)10-8-16-13(19-20(10)12)17-9-4-6-21-7-5-9/h8-9H,4-7H2,1-3H3,(H,17,19). The van der Waals surface area contributed by atoms with Gasteiger partial charge in [0, 0.05) is 24.7 Å². The summed E-state index contributed by atoms with van der Waals surface area (Å²) in [6.45, 7) is 7.83. The molecule has 21 heavy (non-hydrogen) atoms. The Labute approximate surface area is 128 Å². The van der Waals surface area contributed by atoms with E-state index < -0.39 is 0 Å². The minimum absolute atomic E-state index is 0.139. The monoisotopic (exact) mass is 309 g/mol. The minimum atomic E-state index is -0.139. The summed E-state index contributed by atoms with van der Waals surface area (Å²) in [7, 11) is 0. The Bertz CT molecular complexity index is 643. The molecular formula is C14H20ClN5O. The van der Waals surface area contributed by atoms with E-state index in [9.17, 15) is 0 Å². The molecule has 3 heterocycles. The number of rotatable bonds is 2. The molecule has 1 saturated heterocycles. The number of fused-ring (bicyclic) bond motifs is 1. The van der Waals surface area contributed by atoms with Crippen LogP contribution in [0.25, 0.3) is 5.52 Å². The lowest BCUT2D eigenvalue weighted by molar-refractivity contribution is 0.0903. The molecule has 1 aliphatic rings. The van der Waals surface area contributed by atoms with E-state index in [0.717, 1.165) is 37.4 Å². The predicted molar refractivity (Wildman–Crippen MR) is 82.0 cm³/mol. The second-order valence-corrected chi connectivity index (χ2v) is 6.74. The summed E-state index contributed by atoms with van der Waals surface area (Å²) in [4.78, 5) is 8.78. The van der Waals surface area contributed by atoms with Crippen LogP contribution in [-0.2, 0) is 10.2 Å². The average Bonchev–Trinajstić information content (AvgIpc) is 2.77. The maximum absolute atomic E-state index is 6.18. The molecule has 0 atom stereocenters. The SMILES string of the molecule is CC(C)(C)c1nc(Cl)c2cnc(NC3CCOCC3)nn12. The number of ether oxygens (including phenoxy) is 1. The lowest BCUT2D eigenvalue weighted by Gasteiger charge is -2.23. The van der Waals surface area contributed by atoms with Crippen LogP contribution in [0, 0.1) is 0 Å². The van der Waals surface area contributed by atoms with E-state index in [4.69, 9.17) is 16.3 Å². The molecule has 2 aromatic rings. The maximum Gasteiger partial charge on any atom is 0.241 e. The first kappa shape index (κ1) is 14.5. The summed E-state index contributed by atoms with van der Waals surface area (Å²) in [5, 5.41) is 8.37. The van der Waals surface area contributed by atoms with Gasteiger partial charge >= 0.3 is 0 Å². The zero-order valence-corrected chi connectivity index (χ0v) is 13.3. The number of aromatic nitrogens is 4. The Kier molecular flexibility index (Phi) is 3.75. The molecule has 0 aromatic carbocycles. The van der Waals surface area contributed by atoms with Crippen LogP contribution in [0.4, 0.5) is 5.95 Å². The summed E-state index contributed by atoms with van der Waals surface area (Å²) in [5.41, 5.74) is 0.597. The molecule has 1 fully saturated rings. The van der Waals surface area contributed by atoms with Gasteiger partial charge in [-0.25, -0.2) is 14.5 Å². The molecule has 0 spiro atoms. The van der Waals surface area contributed by atoms with Crippen molar-refractivity contribution >= 4 is 23.1 Å². The van der Waals surface area contributed by atoms with Crippen LogP contribution in [0.15, 0.2) is 6.20 Å². The number of hydrogen-bond acceptors (Lipinski definition) is 5. The van der Waals surface area contributed by atoms with Crippen LogP contribution in [-0.4, -0.2) is 38.8 Å². The van der Waals surface area contributed by atoms with Crippen LogP contribution < -0.4 is 5.32 Å². The number of imidazole rings is 1. The number of anilines is 1. The molecule has 6 nitrogen and oxygen atoms in total. The Morgan fingerprint density at radius 1 is 1.33 bits per heavy atom. The highest BCUT2D eigenvalue weighted by atomic mass is 35.5. The molecule has 0 aliphatic carbocycles. The zero-order valence-electron chi connectivity index (χ0n) is 12.6. The van der Waals surface area contributed by atoms with Gasteiger partial charge in [0.1, 0.15) is 11.3 Å². The van der Waals surface area contributed by atoms with Crippen LogP contribution in [0.2, 0.25) is 5.15 Å². The van der Waals surface area contributed by atoms with Gasteiger partial charge in [0.05, 0.1) is 6.20 Å². The second-order valence-electron chi connectivity index (χ2n) is 6.39. The van der Waals surface area contributed by atoms with E-state index in [0.29, 0.717) is 17.1 Å². The smallest absolute Gasteiger partial charge is 0.241 e. The Hall–Kier alpha value is -1.40. The van der Waals surface area contributed by atoms with Gasteiger partial charge in [-0.3, -0.25) is 0 Å². The van der Waals surface area contributed by atoms with Crippen molar-refractivity contribution in [3.8, 4) is 0 Å². The first-order chi connectivity index (χ1) is 9.95. The molecule has 114 valence electrons. The molecule has 0 radical (unpaired) electrons. The number of halogens is 1. The van der Waals surface area contributed by atoms with Crippen molar-refractivity contribution in [1.29, 1.82) is 0 Å². The third-order valence-corrected chi connectivity index (χ3v) is 3.85. The normalized spacial score (nSPS) is 17.3. The molecule has 1 N–H and O–H groups in total. The van der Waals surface area contributed by atoms with Gasteiger partial charge in [-0.1, -0.05) is 32.4 Å². The van der Waals surface area contributed by atoms with Gasteiger partial charge in [-0.2, -0.15) is 0 Å². The quantitative estimate of drug-likeness (QED) is 0.924. The number of hydrogen-bond donors (Lipinski definition) is 1. The van der Waals surface area contributed by atoms with Crippen molar-refractivity contribution in [2.45, 2.75) is 45.1 Å². The minimum Gasteiger partial charge on any atom is -0.381 e. The van der Waals surface area contributed by atoms with Gasteiger partial charge in [-0.15, -0.1) is 5.10 Å². The second kappa shape index (κ2) is 5.42. The van der Waals surface area contributed by atoms with E-state index >= 15 is 0 Å². The van der Waals surface area contributed by atoms with E-state index in [-0.39, 0.29) is 5.41 Å². The summed E-state index contributed by atoms with van der Waals surface area (Å²) >= 11 is 6.18. The summed E-state index contributed by atoms with van der Waals surface area (Å²) in [6.07, 6.45) is 3.66. The van der Waals surface area contributed by atoms with Crippen molar-refractivity contribution in [3.63, 3.8) is 0 Å². The van der Waals surface area contributed by atoms with Gasteiger partial charge < -0.3 is 10.1 Å². The zero-order chi connectivity index (χ0) is 15.0. The van der Waals surface area contributed by atoms with Crippen LogP contribution in [0.3, 0.4) is 0 Å². The number of nitrogens with one attached hydrogen (secondary N) is 1. The van der Waals surface area contributed by atoms with Crippen LogP contribution >= 0.6 is 11.6 Å². The average molecular weight is 310 g/mol. The molecular weight excluding hydrogens is 290 g/mol. The molecule has 7 heteroatoms. The summed E-state index contributed by atoms with van der Waals surface area (Å²) < 4.78 is 7.15. The Morgan fingerprint density at radius 3 is 2.71 bits per heavy atom. The van der Waals surface area contributed by atoms with Gasteiger partial charge in [-0.05, 0) is 12.8 Å². The van der Waals surface area contributed by atoms with Crippen molar-refractivity contribution in [2.24, 2.45) is 0 Å². The van der Waals surface area contributed by atoms with Gasteiger partial charge in [0.15, 0.2) is 5.15 Å². The fraction of sp³-hybridized carbons (Fsp3) is 0.643. The third kappa shape index (κ3) is 2.96. The summed E-state index contributed by atoms with van der Waals surface area (Å²) in [6, 6.07) is 0.355. The number of nitrogens with zero attached hydrogens (tertiary/aromatic N) is 4. The van der Waals surface area contributed by atoms with Crippen molar-refractivity contribution in [1.82, 2.24) is 19.6 Å². The van der Waals surface area contributed by atoms with Crippen LogP contribution in [0.5, 0.6) is 0 Å². The lowest BCUT2D eigenvalue weighted by Crippen LogP contribution is -2.29. The molecule has 3 rings (SSSR count). The van der Waals surface area contributed by atoms with Gasteiger partial charge in [0.2, 0.25) is 5.95 Å². The first-order valence-electron chi connectivity index (χ1n) is 7.21. The van der Waals surface area contributed by atoms with Crippen molar-refractivity contribution < 1.29 is 4.74 Å². The predicted octanol–water partition coefficient (Wildman–Crippen LogP) is 2.67. The molecule has 0 bridgehead atoms. The molecule has 1 aliphatic heterocycles. The van der Waals surface area contributed by atoms with E-state index in [2.05, 4.69) is 41.2 Å². The van der Waals surface area contributed by atoms with Crippen molar-refractivity contribution in [3.05, 3.63) is 17.2 Å². The first-order valence-corrected chi connectivity index (χ1v) is 7.59. The van der Waals surface area contributed by atoms with E-state index in [1.165, 1.54) is 0 Å². The fourth-order valence-electron chi connectivity index (χ4n) is 2.43. The molecule has 0 amide bonds. The summed E-state index contributed by atoms with van der Waals surface area (Å²) in [5.74, 6) is 1.44. The van der Waals surface area contributed by atoms with Gasteiger partial charge in [0.25, 0.3) is 0 Å². The molecule has 0 unspecified atom stereocenters. The van der Waals surface area contributed by atoms with Crippen LogP contribution in [0.1, 0.15) is 39.4 Å². The Morgan fingerprint density at radius 2 is 2.05 bits per heavy atom. The highest BCUT2D eigenvalue weighted by Gasteiger charge is 2.24. The van der Waals surface area contributed by atoms with E-state index in [1.54, 1.807) is 10.7 Å². The van der Waals surface area contributed by atoms with Crippen molar-refractivity contribution in [2.75, 3.05) is 18.5 Å². The topological polar surface area (TPSA) is 64.3 Å². The third-order valence-electron chi connectivity index (χ3n) is 3.57.